The van der Waals surface area contributed by atoms with Crippen LogP contribution in [0.2, 0.25) is 5.02 Å². The topological polar surface area (TPSA) is 66.5 Å². The van der Waals surface area contributed by atoms with Crippen molar-refractivity contribution < 1.29 is 14.6 Å². The Bertz CT molecular complexity index is 335. The summed E-state index contributed by atoms with van der Waals surface area (Å²) < 4.78 is 13.0. The van der Waals surface area contributed by atoms with E-state index in [1.54, 1.807) is 0 Å². The van der Waals surface area contributed by atoms with Gasteiger partial charge in [0.2, 0.25) is 0 Å². The Balaban J connectivity index is 2.90. The van der Waals surface area contributed by atoms with Crippen molar-refractivity contribution in [2.24, 2.45) is 5.73 Å². The highest BCUT2D eigenvalue weighted by Gasteiger charge is 2.21. The van der Waals surface area contributed by atoms with Crippen molar-refractivity contribution in [2.45, 2.75) is 18.6 Å². The van der Waals surface area contributed by atoms with E-state index in [0.717, 1.165) is 0 Å². The van der Waals surface area contributed by atoms with Crippen LogP contribution in [0.15, 0.2) is 18.2 Å². The Kier molecular flexibility index (Phi) is 4.47. The molecule has 1 aromatic rings. The Hall–Kier alpha value is -0.680. The normalized spacial score (nSPS) is 15.0. The van der Waals surface area contributed by atoms with Crippen LogP contribution >= 0.6 is 11.6 Å². The molecule has 3 nitrogen and oxygen atoms in total. The van der Waals surface area contributed by atoms with Gasteiger partial charge < -0.3 is 15.9 Å². The number of hydrogen-bond acceptors (Lipinski definition) is 3. The van der Waals surface area contributed by atoms with Gasteiger partial charge in [0, 0.05) is 5.56 Å². The van der Waals surface area contributed by atoms with Gasteiger partial charge in [-0.2, -0.15) is 0 Å². The number of rotatable bonds is 4. The molecule has 0 amide bonds. The second-order valence-corrected chi connectivity index (χ2v) is 3.61. The SMILES string of the molecule is NCCC(O)C(O)c1cccc(F)c1Cl. The van der Waals surface area contributed by atoms with E-state index in [9.17, 15) is 14.6 Å². The Labute approximate surface area is 92.3 Å². The molecule has 0 saturated heterocycles. The standard InChI is InChI=1S/C10H13ClFNO2/c11-9-6(2-1-3-7(9)12)10(15)8(14)4-5-13/h1-3,8,10,14-15H,4-5,13H2. The lowest BCUT2D eigenvalue weighted by Gasteiger charge is -2.18. The molecule has 1 aromatic carbocycles. The Morgan fingerprint density at radius 3 is 2.67 bits per heavy atom. The molecule has 0 radical (unpaired) electrons. The lowest BCUT2D eigenvalue weighted by atomic mass is 10.0. The molecule has 0 aliphatic heterocycles. The van der Waals surface area contributed by atoms with E-state index in [-0.39, 0.29) is 23.6 Å². The molecule has 0 aromatic heterocycles. The summed E-state index contributed by atoms with van der Waals surface area (Å²) in [4.78, 5) is 0. The Morgan fingerprint density at radius 1 is 1.40 bits per heavy atom. The van der Waals surface area contributed by atoms with Gasteiger partial charge in [-0.15, -0.1) is 0 Å². The van der Waals surface area contributed by atoms with E-state index >= 15 is 0 Å². The van der Waals surface area contributed by atoms with Crippen molar-refractivity contribution in [3.05, 3.63) is 34.6 Å². The molecular weight excluding hydrogens is 221 g/mol. The van der Waals surface area contributed by atoms with Crippen LogP contribution in [0.1, 0.15) is 18.1 Å². The third-order valence-electron chi connectivity index (χ3n) is 2.13. The molecule has 0 heterocycles. The summed E-state index contributed by atoms with van der Waals surface area (Å²) in [6.45, 7) is 0.241. The first-order valence-corrected chi connectivity index (χ1v) is 4.95. The summed E-state index contributed by atoms with van der Waals surface area (Å²) >= 11 is 5.65. The van der Waals surface area contributed by atoms with Crippen LogP contribution < -0.4 is 5.73 Å². The van der Waals surface area contributed by atoms with Crippen molar-refractivity contribution >= 4 is 11.6 Å². The van der Waals surface area contributed by atoms with E-state index in [0.29, 0.717) is 0 Å². The molecule has 0 spiro atoms. The highest BCUT2D eigenvalue weighted by molar-refractivity contribution is 6.31. The smallest absolute Gasteiger partial charge is 0.142 e. The van der Waals surface area contributed by atoms with Crippen molar-refractivity contribution in [3.63, 3.8) is 0 Å². The molecule has 0 aliphatic rings. The minimum atomic E-state index is -1.21. The van der Waals surface area contributed by atoms with E-state index in [1.807, 2.05) is 0 Å². The number of hydrogen-bond donors (Lipinski definition) is 3. The third kappa shape index (κ3) is 2.89. The van der Waals surface area contributed by atoms with E-state index in [2.05, 4.69) is 0 Å². The van der Waals surface area contributed by atoms with Crippen LogP contribution in [-0.4, -0.2) is 22.9 Å². The molecule has 2 atom stereocenters. The van der Waals surface area contributed by atoms with Crippen LogP contribution in [0.5, 0.6) is 0 Å². The summed E-state index contributed by atoms with van der Waals surface area (Å²) in [7, 11) is 0. The van der Waals surface area contributed by atoms with Gasteiger partial charge in [-0.1, -0.05) is 23.7 Å². The van der Waals surface area contributed by atoms with Crippen LogP contribution in [0, 0.1) is 5.82 Å². The maximum absolute atomic E-state index is 13.0. The first-order valence-electron chi connectivity index (χ1n) is 4.58. The van der Waals surface area contributed by atoms with Gasteiger partial charge in [-0.05, 0) is 19.0 Å². The molecule has 2 unspecified atom stereocenters. The van der Waals surface area contributed by atoms with E-state index in [1.165, 1.54) is 18.2 Å². The average Bonchev–Trinajstić information content (AvgIpc) is 2.21. The van der Waals surface area contributed by atoms with Gasteiger partial charge in [-0.3, -0.25) is 0 Å². The Morgan fingerprint density at radius 2 is 2.07 bits per heavy atom. The summed E-state index contributed by atoms with van der Waals surface area (Å²) in [6, 6.07) is 4.08. The fraction of sp³-hybridized carbons (Fsp3) is 0.400. The molecule has 84 valence electrons. The zero-order chi connectivity index (χ0) is 11.4. The predicted molar refractivity (Wildman–Crippen MR) is 56.0 cm³/mol. The molecule has 0 aliphatic carbocycles. The number of aliphatic hydroxyl groups is 2. The van der Waals surface area contributed by atoms with E-state index < -0.39 is 18.0 Å². The summed E-state index contributed by atoms with van der Waals surface area (Å²) in [6.07, 6.45) is -2.01. The second kappa shape index (κ2) is 5.42. The molecular formula is C10H13ClFNO2. The van der Waals surface area contributed by atoms with Gasteiger partial charge in [0.15, 0.2) is 0 Å². The van der Waals surface area contributed by atoms with Crippen LogP contribution in [0.4, 0.5) is 4.39 Å². The van der Waals surface area contributed by atoms with Gasteiger partial charge in [0.25, 0.3) is 0 Å². The zero-order valence-corrected chi connectivity index (χ0v) is 8.78. The molecule has 5 heteroatoms. The maximum Gasteiger partial charge on any atom is 0.142 e. The quantitative estimate of drug-likeness (QED) is 0.733. The number of nitrogens with two attached hydrogens (primary N) is 1. The minimum Gasteiger partial charge on any atom is -0.390 e. The highest BCUT2D eigenvalue weighted by Crippen LogP contribution is 2.28. The summed E-state index contributed by atoms with van der Waals surface area (Å²) in [5, 5.41) is 19.0. The van der Waals surface area contributed by atoms with Crippen molar-refractivity contribution in [1.29, 1.82) is 0 Å². The third-order valence-corrected chi connectivity index (χ3v) is 2.53. The van der Waals surface area contributed by atoms with Crippen LogP contribution in [0.25, 0.3) is 0 Å². The van der Waals surface area contributed by atoms with E-state index in [4.69, 9.17) is 17.3 Å². The molecule has 0 bridgehead atoms. The maximum atomic E-state index is 13.0. The van der Waals surface area contributed by atoms with Crippen molar-refractivity contribution in [1.82, 2.24) is 0 Å². The first kappa shape index (κ1) is 12.4. The molecule has 0 saturated carbocycles. The molecule has 0 fully saturated rings. The highest BCUT2D eigenvalue weighted by atomic mass is 35.5. The van der Waals surface area contributed by atoms with Crippen molar-refractivity contribution in [3.8, 4) is 0 Å². The van der Waals surface area contributed by atoms with Crippen LogP contribution in [0.3, 0.4) is 0 Å². The number of halogens is 2. The zero-order valence-electron chi connectivity index (χ0n) is 8.03. The second-order valence-electron chi connectivity index (χ2n) is 3.23. The first-order chi connectivity index (χ1) is 7.07. The molecule has 15 heavy (non-hydrogen) atoms. The average molecular weight is 234 g/mol. The van der Waals surface area contributed by atoms with Gasteiger partial charge in [0.05, 0.1) is 11.1 Å². The largest absolute Gasteiger partial charge is 0.390 e. The summed E-state index contributed by atoms with van der Waals surface area (Å²) in [5.74, 6) is -0.617. The molecule has 4 N–H and O–H groups in total. The van der Waals surface area contributed by atoms with Crippen molar-refractivity contribution in [2.75, 3.05) is 6.54 Å². The van der Waals surface area contributed by atoms with Gasteiger partial charge in [-0.25, -0.2) is 4.39 Å². The monoisotopic (exact) mass is 233 g/mol. The van der Waals surface area contributed by atoms with Gasteiger partial charge >= 0.3 is 0 Å². The van der Waals surface area contributed by atoms with Gasteiger partial charge in [0.1, 0.15) is 11.9 Å². The molecule has 1 rings (SSSR count). The van der Waals surface area contributed by atoms with Crippen LogP contribution in [-0.2, 0) is 0 Å². The lowest BCUT2D eigenvalue weighted by molar-refractivity contribution is 0.0149. The minimum absolute atomic E-state index is 0.166. The number of aliphatic hydroxyl groups excluding tert-OH is 2. The fourth-order valence-corrected chi connectivity index (χ4v) is 1.52. The fourth-order valence-electron chi connectivity index (χ4n) is 1.28. The summed E-state index contributed by atoms with van der Waals surface area (Å²) in [5.41, 5.74) is 5.41. The number of benzene rings is 1. The predicted octanol–water partition coefficient (Wildman–Crippen LogP) is 1.22. The lowest BCUT2D eigenvalue weighted by Crippen LogP contribution is -2.22.